The number of carbonyl (C=O) groups is 2. The summed E-state index contributed by atoms with van der Waals surface area (Å²) >= 11 is 1.50. The second-order valence-electron chi connectivity index (χ2n) is 17.0. The molecule has 0 aliphatic carbocycles. The van der Waals surface area contributed by atoms with E-state index in [0.717, 1.165) is 98.8 Å². The Hall–Kier alpha value is -5.57. The van der Waals surface area contributed by atoms with Crippen LogP contribution in [0, 0.1) is 25.7 Å². The fraction of sp³-hybridized carbons (Fsp3) is 0.429. The molecule has 2 atom stereocenters. The number of amides is 2. The Morgan fingerprint density at radius 3 is 1.76 bits per heavy atom. The van der Waals surface area contributed by atoms with E-state index in [1.807, 2.05) is 96.0 Å². The first-order valence-electron chi connectivity index (χ1n) is 22.2. The third-order valence-corrected chi connectivity index (χ3v) is 12.9. The van der Waals surface area contributed by atoms with Crippen molar-refractivity contribution >= 4 is 23.6 Å². The SMILES string of the molecule is CSc1ncccc1C(=O)NCC1CCN(CC2COc3ccc(C)cc3O2)CC1.Cc1ccc2c(c1)OC(CN1CCC(CNC(=O)c3ccc(-n4cccc4)nc3)CC1)CO2. The molecule has 2 aromatic carbocycles. The van der Waals surface area contributed by atoms with Crippen molar-refractivity contribution in [2.75, 3.05) is 71.8 Å². The molecule has 2 saturated heterocycles. The van der Waals surface area contributed by atoms with Crippen molar-refractivity contribution in [3.8, 4) is 28.8 Å². The lowest BCUT2D eigenvalue weighted by Gasteiger charge is -2.35. The molecule has 13 nitrogen and oxygen atoms in total. The van der Waals surface area contributed by atoms with Gasteiger partial charge in [-0.25, -0.2) is 9.97 Å². The van der Waals surface area contributed by atoms with Crippen molar-refractivity contribution < 1.29 is 28.5 Å². The fourth-order valence-electron chi connectivity index (χ4n) is 8.51. The predicted octanol–water partition coefficient (Wildman–Crippen LogP) is 6.86. The van der Waals surface area contributed by atoms with E-state index in [-0.39, 0.29) is 24.0 Å². The van der Waals surface area contributed by atoms with Crippen LogP contribution < -0.4 is 29.6 Å². The number of fused-ring (bicyclic) bond motifs is 2. The second kappa shape index (κ2) is 21.2. The van der Waals surface area contributed by atoms with Gasteiger partial charge in [0, 0.05) is 51.0 Å². The van der Waals surface area contributed by atoms with Gasteiger partial charge in [-0.15, -0.1) is 11.8 Å². The molecule has 9 rings (SSSR count). The third-order valence-electron chi connectivity index (χ3n) is 12.2. The molecule has 0 radical (unpaired) electrons. The van der Waals surface area contributed by atoms with Gasteiger partial charge in [0.25, 0.3) is 11.8 Å². The smallest absolute Gasteiger partial charge is 0.254 e. The standard InChI is InChI=1S/C26H30N4O3.C23H29N3O3S/c1-19-4-6-23-24(14-19)33-22(18-32-23)17-29-12-8-20(9-13-29)15-28-26(31)21-5-7-25(27-16-21)30-10-2-3-11-30;1-16-5-6-20-21(12-16)29-18(15-28-20)14-26-10-7-17(8-11-26)13-25-22(27)19-4-3-9-24-23(19)30-2/h2-7,10-11,14,16,20,22H,8-9,12-13,15,17-18H2,1H3,(H,28,31);3-6,9,12,17-18H,7-8,10-11,13-15H2,1-2H3,(H,25,27). The van der Waals surface area contributed by atoms with Gasteiger partial charge in [-0.3, -0.25) is 19.4 Å². The number of benzene rings is 2. The number of hydrogen-bond acceptors (Lipinski definition) is 11. The van der Waals surface area contributed by atoms with Crippen molar-refractivity contribution in [3.05, 3.63) is 120 Å². The second-order valence-corrected chi connectivity index (χ2v) is 17.8. The molecule has 4 aliphatic heterocycles. The zero-order valence-corrected chi connectivity index (χ0v) is 37.4. The summed E-state index contributed by atoms with van der Waals surface area (Å²) in [6.45, 7) is 12.5. The highest BCUT2D eigenvalue weighted by Gasteiger charge is 2.28. The maximum Gasteiger partial charge on any atom is 0.254 e. The van der Waals surface area contributed by atoms with Crippen LogP contribution in [0.3, 0.4) is 0 Å². The van der Waals surface area contributed by atoms with Gasteiger partial charge >= 0.3 is 0 Å². The molecule has 2 N–H and O–H groups in total. The molecule has 332 valence electrons. The van der Waals surface area contributed by atoms with E-state index in [1.54, 1.807) is 12.4 Å². The van der Waals surface area contributed by atoms with Crippen molar-refractivity contribution in [2.45, 2.75) is 56.8 Å². The van der Waals surface area contributed by atoms with E-state index in [2.05, 4.69) is 44.2 Å². The molecular weight excluding hydrogens is 815 g/mol. The summed E-state index contributed by atoms with van der Waals surface area (Å²) < 4.78 is 26.0. The van der Waals surface area contributed by atoms with Crippen molar-refractivity contribution in [1.29, 1.82) is 0 Å². The van der Waals surface area contributed by atoms with Crippen LogP contribution in [0.2, 0.25) is 0 Å². The molecule has 2 amide bonds. The first kappa shape index (κ1) is 44.1. The van der Waals surface area contributed by atoms with E-state index < -0.39 is 0 Å². The highest BCUT2D eigenvalue weighted by Crippen LogP contribution is 2.34. The average Bonchev–Trinajstić information content (AvgIpc) is 3.86. The summed E-state index contributed by atoms with van der Waals surface area (Å²) in [4.78, 5) is 38.6. The summed E-state index contributed by atoms with van der Waals surface area (Å²) in [5.74, 6) is 5.07. The number of aromatic nitrogens is 3. The normalized spacial score (nSPS) is 19.1. The minimum Gasteiger partial charge on any atom is -0.486 e. The number of ether oxygens (including phenoxy) is 4. The molecule has 2 fully saturated rings. The number of nitrogens with one attached hydrogen (secondary N) is 2. The largest absolute Gasteiger partial charge is 0.486 e. The minimum atomic E-state index is -0.0642. The average molecular weight is 874 g/mol. The third kappa shape index (κ3) is 11.9. The van der Waals surface area contributed by atoms with Crippen molar-refractivity contribution in [2.24, 2.45) is 11.8 Å². The van der Waals surface area contributed by atoms with Crippen LogP contribution in [0.5, 0.6) is 23.0 Å². The first-order valence-corrected chi connectivity index (χ1v) is 23.4. The lowest BCUT2D eigenvalue weighted by atomic mass is 9.96. The number of nitrogens with zero attached hydrogens (tertiary/aromatic N) is 5. The van der Waals surface area contributed by atoms with E-state index in [4.69, 9.17) is 18.9 Å². The van der Waals surface area contributed by atoms with Crippen LogP contribution in [-0.4, -0.2) is 120 Å². The molecule has 5 aromatic rings. The maximum atomic E-state index is 12.5. The first-order chi connectivity index (χ1) is 30.8. The number of carbonyl (C=O) groups excluding carboxylic acids is 2. The Morgan fingerprint density at radius 2 is 1.24 bits per heavy atom. The molecule has 2 unspecified atom stereocenters. The summed E-state index contributed by atoms with van der Waals surface area (Å²) in [5.41, 5.74) is 3.60. The van der Waals surface area contributed by atoms with Crippen LogP contribution in [0.25, 0.3) is 5.82 Å². The van der Waals surface area contributed by atoms with E-state index >= 15 is 0 Å². The van der Waals surface area contributed by atoms with Crippen LogP contribution in [0.4, 0.5) is 0 Å². The number of aryl methyl sites for hydroxylation is 2. The number of hydrogen-bond donors (Lipinski definition) is 2. The molecule has 63 heavy (non-hydrogen) atoms. The molecule has 7 heterocycles. The van der Waals surface area contributed by atoms with Crippen molar-refractivity contribution in [3.63, 3.8) is 0 Å². The quantitative estimate of drug-likeness (QED) is 0.128. The Morgan fingerprint density at radius 1 is 0.683 bits per heavy atom. The maximum absolute atomic E-state index is 12.5. The Balaban J connectivity index is 0.000000174. The molecule has 0 bridgehead atoms. The molecule has 0 spiro atoms. The Bertz CT molecular complexity index is 2280. The number of likely N-dealkylation sites (tertiary alicyclic amines) is 2. The molecule has 4 aliphatic rings. The summed E-state index contributed by atoms with van der Waals surface area (Å²) in [6, 6.07) is 23.4. The van der Waals surface area contributed by atoms with Gasteiger partial charge < -0.3 is 34.1 Å². The van der Waals surface area contributed by atoms with Gasteiger partial charge in [-0.1, -0.05) is 12.1 Å². The van der Waals surface area contributed by atoms with E-state index in [0.29, 0.717) is 49.3 Å². The van der Waals surface area contributed by atoms with Crippen molar-refractivity contribution in [1.82, 2.24) is 35.0 Å². The predicted molar refractivity (Wildman–Crippen MR) is 245 cm³/mol. The van der Waals surface area contributed by atoms with E-state index in [1.165, 1.54) is 22.9 Å². The number of pyridine rings is 2. The number of rotatable bonds is 12. The molecule has 14 heteroatoms. The lowest BCUT2D eigenvalue weighted by molar-refractivity contribution is 0.0475. The minimum absolute atomic E-state index is 0.0309. The topological polar surface area (TPSA) is 132 Å². The summed E-state index contributed by atoms with van der Waals surface area (Å²) in [6.07, 6.45) is 13.6. The summed E-state index contributed by atoms with van der Waals surface area (Å²) in [5, 5.41) is 6.96. The van der Waals surface area contributed by atoms with Crippen LogP contribution in [0.1, 0.15) is 57.5 Å². The lowest BCUT2D eigenvalue weighted by Crippen LogP contribution is -2.45. The molecule has 0 saturated carbocycles. The molecule has 3 aromatic heterocycles. The van der Waals surface area contributed by atoms with Crippen LogP contribution in [0.15, 0.2) is 103 Å². The Kier molecular flexibility index (Phi) is 14.8. The highest BCUT2D eigenvalue weighted by atomic mass is 32.2. The van der Waals surface area contributed by atoms with Crippen LogP contribution in [-0.2, 0) is 0 Å². The molecular formula is C49H59N7O6S. The highest BCUT2D eigenvalue weighted by molar-refractivity contribution is 7.98. The van der Waals surface area contributed by atoms with Gasteiger partial charge in [0.1, 0.15) is 36.3 Å². The Labute approximate surface area is 374 Å². The number of piperidine rings is 2. The zero-order valence-electron chi connectivity index (χ0n) is 36.5. The van der Waals surface area contributed by atoms with Crippen LogP contribution >= 0.6 is 11.8 Å². The van der Waals surface area contributed by atoms with Gasteiger partial charge in [0.05, 0.1) is 11.1 Å². The van der Waals surface area contributed by atoms with Gasteiger partial charge in [0.2, 0.25) is 0 Å². The van der Waals surface area contributed by atoms with E-state index in [9.17, 15) is 9.59 Å². The zero-order chi connectivity index (χ0) is 43.5. The monoisotopic (exact) mass is 873 g/mol. The number of thioether (sulfide) groups is 1. The fourth-order valence-corrected chi connectivity index (χ4v) is 9.05. The van der Waals surface area contributed by atoms with Gasteiger partial charge in [0.15, 0.2) is 23.0 Å². The van der Waals surface area contributed by atoms with Gasteiger partial charge in [-0.05, 0) is 156 Å². The van der Waals surface area contributed by atoms with Gasteiger partial charge in [-0.2, -0.15) is 0 Å². The summed E-state index contributed by atoms with van der Waals surface area (Å²) in [7, 11) is 0.